The number of hydrogen-bond acceptors (Lipinski definition) is 3. The molecule has 0 unspecified atom stereocenters. The Balaban J connectivity index is 1.90. The molecule has 2 aliphatic rings. The SMILES string of the molecule is C[C@]1(c2ccccc2)CC[C@H]2C(=O)OC(=O)[C@H]2C1. The van der Waals surface area contributed by atoms with Gasteiger partial charge >= 0.3 is 11.9 Å². The molecule has 1 aromatic carbocycles. The molecule has 94 valence electrons. The van der Waals surface area contributed by atoms with Crippen molar-refractivity contribution in [2.24, 2.45) is 11.8 Å². The van der Waals surface area contributed by atoms with Crippen LogP contribution in [0.1, 0.15) is 31.7 Å². The van der Waals surface area contributed by atoms with Gasteiger partial charge < -0.3 is 4.74 Å². The fourth-order valence-electron chi connectivity index (χ4n) is 3.29. The number of fused-ring (bicyclic) bond motifs is 1. The van der Waals surface area contributed by atoms with Crippen LogP contribution in [0.3, 0.4) is 0 Å². The highest BCUT2D eigenvalue weighted by Gasteiger charge is 2.51. The van der Waals surface area contributed by atoms with E-state index in [0.29, 0.717) is 6.42 Å². The fourth-order valence-corrected chi connectivity index (χ4v) is 3.29. The molecule has 0 radical (unpaired) electrons. The van der Waals surface area contributed by atoms with Gasteiger partial charge in [-0.2, -0.15) is 0 Å². The molecule has 0 spiro atoms. The average Bonchev–Trinajstić information content (AvgIpc) is 2.65. The zero-order valence-electron chi connectivity index (χ0n) is 10.4. The summed E-state index contributed by atoms with van der Waals surface area (Å²) < 4.78 is 4.76. The highest BCUT2D eigenvalue weighted by Crippen LogP contribution is 2.47. The topological polar surface area (TPSA) is 43.4 Å². The molecule has 1 saturated carbocycles. The van der Waals surface area contributed by atoms with Gasteiger partial charge in [-0.25, -0.2) is 0 Å². The Kier molecular flexibility index (Phi) is 2.51. The van der Waals surface area contributed by atoms with Crippen molar-refractivity contribution in [3.8, 4) is 0 Å². The number of hydrogen-bond donors (Lipinski definition) is 0. The lowest BCUT2D eigenvalue weighted by molar-refractivity contribution is -0.153. The third kappa shape index (κ3) is 1.65. The van der Waals surface area contributed by atoms with Crippen LogP contribution in [0.25, 0.3) is 0 Å². The summed E-state index contributed by atoms with van der Waals surface area (Å²) >= 11 is 0. The van der Waals surface area contributed by atoms with Crippen LogP contribution in [0, 0.1) is 11.8 Å². The zero-order valence-corrected chi connectivity index (χ0v) is 10.4. The lowest BCUT2D eigenvalue weighted by Gasteiger charge is -2.37. The minimum Gasteiger partial charge on any atom is -0.393 e. The molecule has 3 rings (SSSR count). The Bertz CT molecular complexity index is 494. The van der Waals surface area contributed by atoms with Crippen LogP contribution < -0.4 is 0 Å². The van der Waals surface area contributed by atoms with Crippen molar-refractivity contribution >= 4 is 11.9 Å². The summed E-state index contributed by atoms with van der Waals surface area (Å²) in [5.41, 5.74) is 1.22. The van der Waals surface area contributed by atoms with E-state index in [1.807, 2.05) is 18.2 Å². The first-order valence-electron chi connectivity index (χ1n) is 6.41. The largest absolute Gasteiger partial charge is 0.393 e. The number of cyclic esters (lactones) is 2. The molecule has 0 bridgehead atoms. The number of esters is 2. The third-order valence-corrected chi connectivity index (χ3v) is 4.44. The van der Waals surface area contributed by atoms with E-state index in [1.165, 1.54) is 5.56 Å². The zero-order chi connectivity index (χ0) is 12.8. The molecule has 3 nitrogen and oxygen atoms in total. The van der Waals surface area contributed by atoms with E-state index in [4.69, 9.17) is 4.74 Å². The first kappa shape index (κ1) is 11.5. The quantitative estimate of drug-likeness (QED) is 0.563. The second-order valence-electron chi connectivity index (χ2n) is 5.62. The Morgan fingerprint density at radius 2 is 1.78 bits per heavy atom. The van der Waals surface area contributed by atoms with Gasteiger partial charge in [0.1, 0.15) is 0 Å². The van der Waals surface area contributed by atoms with E-state index in [2.05, 4.69) is 19.1 Å². The maximum atomic E-state index is 11.7. The van der Waals surface area contributed by atoms with Crippen LogP contribution in [0.2, 0.25) is 0 Å². The van der Waals surface area contributed by atoms with Crippen molar-refractivity contribution in [1.82, 2.24) is 0 Å². The van der Waals surface area contributed by atoms with Crippen molar-refractivity contribution in [3.05, 3.63) is 35.9 Å². The van der Waals surface area contributed by atoms with Crippen LogP contribution in [-0.2, 0) is 19.7 Å². The number of carbonyl (C=O) groups is 2. The van der Waals surface area contributed by atoms with E-state index in [1.54, 1.807) is 0 Å². The first-order valence-corrected chi connectivity index (χ1v) is 6.41. The Morgan fingerprint density at radius 1 is 1.11 bits per heavy atom. The van der Waals surface area contributed by atoms with Gasteiger partial charge in [0.25, 0.3) is 0 Å². The number of benzene rings is 1. The molecule has 1 aliphatic heterocycles. The van der Waals surface area contributed by atoms with Crippen LogP contribution >= 0.6 is 0 Å². The number of carbonyl (C=O) groups excluding carboxylic acids is 2. The smallest absolute Gasteiger partial charge is 0.317 e. The molecule has 18 heavy (non-hydrogen) atoms. The van der Waals surface area contributed by atoms with E-state index in [0.717, 1.165) is 12.8 Å². The molecule has 1 aromatic rings. The molecule has 3 atom stereocenters. The lowest BCUT2D eigenvalue weighted by atomic mass is 9.64. The Labute approximate surface area is 106 Å². The standard InChI is InChI=1S/C15H16O3/c1-15(10-5-3-2-4-6-10)8-7-11-12(9-15)14(17)18-13(11)16/h2-6,11-12H,7-9H2,1H3/t11-,12+,15+/m1/s1. The molecular weight excluding hydrogens is 228 g/mol. The van der Waals surface area contributed by atoms with Gasteiger partial charge in [0.15, 0.2) is 0 Å². The third-order valence-electron chi connectivity index (χ3n) is 4.44. The lowest BCUT2D eigenvalue weighted by Crippen LogP contribution is -2.36. The fraction of sp³-hybridized carbons (Fsp3) is 0.467. The summed E-state index contributed by atoms with van der Waals surface area (Å²) in [5.74, 6) is -1.09. The molecule has 2 fully saturated rings. The normalized spacial score (nSPS) is 35.2. The highest BCUT2D eigenvalue weighted by molar-refractivity contribution is 5.96. The summed E-state index contributed by atoms with van der Waals surface area (Å²) in [6, 6.07) is 10.2. The highest BCUT2D eigenvalue weighted by atomic mass is 16.6. The summed E-state index contributed by atoms with van der Waals surface area (Å²) in [6.45, 7) is 2.18. The van der Waals surface area contributed by atoms with Gasteiger partial charge in [-0.1, -0.05) is 37.3 Å². The molecular formula is C15H16O3. The Hall–Kier alpha value is -1.64. The van der Waals surface area contributed by atoms with Crippen molar-refractivity contribution in [2.75, 3.05) is 0 Å². The maximum absolute atomic E-state index is 11.7. The second kappa shape index (κ2) is 3.94. The number of rotatable bonds is 1. The van der Waals surface area contributed by atoms with E-state index >= 15 is 0 Å². The van der Waals surface area contributed by atoms with Crippen LogP contribution in [0.15, 0.2) is 30.3 Å². The second-order valence-corrected chi connectivity index (χ2v) is 5.62. The van der Waals surface area contributed by atoms with Gasteiger partial charge in [-0.15, -0.1) is 0 Å². The molecule has 3 heteroatoms. The predicted octanol–water partition coefficient (Wildman–Crippen LogP) is 2.44. The molecule has 0 amide bonds. The monoisotopic (exact) mass is 244 g/mol. The molecule has 0 aromatic heterocycles. The van der Waals surface area contributed by atoms with Crippen LogP contribution in [0.5, 0.6) is 0 Å². The van der Waals surface area contributed by atoms with Gasteiger partial charge in [-0.05, 0) is 30.2 Å². The van der Waals surface area contributed by atoms with E-state index in [-0.39, 0.29) is 29.2 Å². The molecule has 1 saturated heterocycles. The van der Waals surface area contributed by atoms with Crippen LogP contribution in [0.4, 0.5) is 0 Å². The van der Waals surface area contributed by atoms with Gasteiger partial charge in [0.2, 0.25) is 0 Å². The number of ether oxygens (including phenoxy) is 1. The average molecular weight is 244 g/mol. The summed E-state index contributed by atoms with van der Waals surface area (Å²) in [5, 5.41) is 0. The van der Waals surface area contributed by atoms with Crippen molar-refractivity contribution in [3.63, 3.8) is 0 Å². The van der Waals surface area contributed by atoms with Crippen LogP contribution in [-0.4, -0.2) is 11.9 Å². The molecule has 1 heterocycles. The minimum absolute atomic E-state index is 0.0218. The summed E-state index contributed by atoms with van der Waals surface area (Å²) in [4.78, 5) is 23.2. The van der Waals surface area contributed by atoms with E-state index < -0.39 is 0 Å². The van der Waals surface area contributed by atoms with Gasteiger partial charge in [0, 0.05) is 0 Å². The summed E-state index contributed by atoms with van der Waals surface area (Å²) in [7, 11) is 0. The first-order chi connectivity index (χ1) is 8.60. The Morgan fingerprint density at radius 3 is 2.50 bits per heavy atom. The summed E-state index contributed by atoms with van der Waals surface area (Å²) in [6.07, 6.45) is 2.40. The molecule has 1 aliphatic carbocycles. The van der Waals surface area contributed by atoms with Gasteiger partial charge in [0.05, 0.1) is 11.8 Å². The minimum atomic E-state index is -0.327. The van der Waals surface area contributed by atoms with Gasteiger partial charge in [-0.3, -0.25) is 9.59 Å². The predicted molar refractivity (Wildman–Crippen MR) is 65.7 cm³/mol. The van der Waals surface area contributed by atoms with Crippen molar-refractivity contribution in [2.45, 2.75) is 31.6 Å². The van der Waals surface area contributed by atoms with Crippen molar-refractivity contribution in [1.29, 1.82) is 0 Å². The van der Waals surface area contributed by atoms with Crippen molar-refractivity contribution < 1.29 is 14.3 Å². The maximum Gasteiger partial charge on any atom is 0.317 e. The molecule has 0 N–H and O–H groups in total. The van der Waals surface area contributed by atoms with E-state index in [9.17, 15) is 9.59 Å².